The van der Waals surface area contributed by atoms with E-state index in [2.05, 4.69) is 52.3 Å². The van der Waals surface area contributed by atoms with E-state index >= 15 is 0 Å². The van der Waals surface area contributed by atoms with E-state index in [1.165, 1.54) is 48.5 Å². The van der Waals surface area contributed by atoms with Crippen LogP contribution in [0.3, 0.4) is 0 Å². The summed E-state index contributed by atoms with van der Waals surface area (Å²) in [5.41, 5.74) is 5.53. The number of carbonyl (C=O) groups is 1. The van der Waals surface area contributed by atoms with Gasteiger partial charge in [0.1, 0.15) is 6.61 Å². The molecule has 0 aliphatic carbocycles. The maximum Gasteiger partial charge on any atom is 0.338 e. The molecule has 1 saturated heterocycles. The van der Waals surface area contributed by atoms with Gasteiger partial charge < -0.3 is 23.8 Å². The molecule has 0 spiro atoms. The molecule has 9 heteroatoms. The van der Waals surface area contributed by atoms with Crippen LogP contribution in [0.25, 0.3) is 5.57 Å². The SMILES string of the molecule is COc1cc(C(=O)OCCN2CCN(CC/C=C3\c4ccccc4CSc4ccc(Cl)cc43)CC2)cc(OC)c1OC. The van der Waals surface area contributed by atoms with Gasteiger partial charge in [-0.25, -0.2) is 4.79 Å². The standard InChI is InChI=1S/C33H37ClN2O5S/c1-38-29-19-24(20-30(39-2)32(29)40-3)33(37)41-18-17-36-15-13-35(14-16-36)12-6-9-27-26-8-5-4-7-23(26)22-42-31-11-10-25(34)21-28(27)31/h4-5,7-11,19-21H,6,12-18,22H2,1-3H3/b27-9+. The van der Waals surface area contributed by atoms with Crippen LogP contribution in [0.2, 0.25) is 5.02 Å². The van der Waals surface area contributed by atoms with Crippen LogP contribution in [0.15, 0.2) is 65.6 Å². The lowest BCUT2D eigenvalue weighted by Gasteiger charge is -2.34. The zero-order chi connectivity index (χ0) is 29.5. The Morgan fingerprint density at radius 2 is 1.57 bits per heavy atom. The summed E-state index contributed by atoms with van der Waals surface area (Å²) in [5.74, 6) is 1.83. The molecule has 0 saturated carbocycles. The van der Waals surface area contributed by atoms with Crippen LogP contribution in [0.4, 0.5) is 0 Å². The number of nitrogens with zero attached hydrogens (tertiary/aromatic N) is 2. The van der Waals surface area contributed by atoms with Crippen LogP contribution in [-0.4, -0.2) is 83.0 Å². The van der Waals surface area contributed by atoms with Crippen LogP contribution in [0, 0.1) is 0 Å². The van der Waals surface area contributed by atoms with Gasteiger partial charge in [0.25, 0.3) is 0 Å². The van der Waals surface area contributed by atoms with E-state index in [0.29, 0.717) is 36.0 Å². The molecular weight excluding hydrogens is 572 g/mol. The Morgan fingerprint density at radius 3 is 2.26 bits per heavy atom. The van der Waals surface area contributed by atoms with Crippen molar-refractivity contribution in [3.05, 3.63) is 87.9 Å². The first-order valence-corrected chi connectivity index (χ1v) is 15.5. The predicted molar refractivity (Wildman–Crippen MR) is 168 cm³/mol. The highest BCUT2D eigenvalue weighted by atomic mass is 35.5. The normalized spacial score (nSPS) is 16.3. The van der Waals surface area contributed by atoms with E-state index in [-0.39, 0.29) is 0 Å². The van der Waals surface area contributed by atoms with Crippen molar-refractivity contribution in [2.75, 3.05) is 67.2 Å². The van der Waals surface area contributed by atoms with Crippen LogP contribution in [0.1, 0.15) is 33.5 Å². The number of hydrogen-bond donors (Lipinski definition) is 0. The molecule has 42 heavy (non-hydrogen) atoms. The molecule has 0 aromatic heterocycles. The fraction of sp³-hybridized carbons (Fsp3) is 0.364. The van der Waals surface area contributed by atoms with Gasteiger partial charge in [-0.3, -0.25) is 4.90 Å². The van der Waals surface area contributed by atoms with Crippen molar-refractivity contribution in [3.63, 3.8) is 0 Å². The summed E-state index contributed by atoms with van der Waals surface area (Å²) in [6.45, 7) is 5.86. The van der Waals surface area contributed by atoms with Crippen molar-refractivity contribution in [2.45, 2.75) is 17.1 Å². The molecule has 2 aliphatic rings. The lowest BCUT2D eigenvalue weighted by atomic mass is 9.93. The third-order valence-corrected chi connectivity index (χ3v) is 9.08. The average molecular weight is 609 g/mol. The number of benzene rings is 3. The van der Waals surface area contributed by atoms with Gasteiger partial charge in [0, 0.05) is 54.9 Å². The van der Waals surface area contributed by atoms with Gasteiger partial charge in [0.15, 0.2) is 11.5 Å². The van der Waals surface area contributed by atoms with Gasteiger partial charge in [0.2, 0.25) is 5.75 Å². The molecule has 0 radical (unpaired) electrons. The van der Waals surface area contributed by atoms with E-state index in [9.17, 15) is 4.79 Å². The lowest BCUT2D eigenvalue weighted by molar-refractivity contribution is 0.0423. The Labute approximate surface area is 257 Å². The molecule has 2 heterocycles. The minimum absolute atomic E-state index is 0.320. The van der Waals surface area contributed by atoms with E-state index in [4.69, 9.17) is 30.5 Å². The number of piperazine rings is 1. The minimum Gasteiger partial charge on any atom is -0.493 e. The van der Waals surface area contributed by atoms with Crippen LogP contribution < -0.4 is 14.2 Å². The molecule has 7 nitrogen and oxygen atoms in total. The number of rotatable bonds is 10. The van der Waals surface area contributed by atoms with Crippen molar-refractivity contribution in [1.82, 2.24) is 9.80 Å². The average Bonchev–Trinajstić information content (AvgIpc) is 3.17. The first-order valence-electron chi connectivity index (χ1n) is 14.1. The van der Waals surface area contributed by atoms with Crippen molar-refractivity contribution in [1.29, 1.82) is 0 Å². The topological polar surface area (TPSA) is 60.5 Å². The number of hydrogen-bond acceptors (Lipinski definition) is 8. The fourth-order valence-electron chi connectivity index (χ4n) is 5.45. The van der Waals surface area contributed by atoms with Crippen LogP contribution in [0.5, 0.6) is 17.2 Å². The van der Waals surface area contributed by atoms with Crippen LogP contribution >= 0.6 is 23.4 Å². The van der Waals surface area contributed by atoms with Gasteiger partial charge >= 0.3 is 5.97 Å². The number of thioether (sulfide) groups is 1. The summed E-state index contributed by atoms with van der Waals surface area (Å²) in [6, 6.07) is 18.1. The van der Waals surface area contributed by atoms with Gasteiger partial charge in [-0.05, 0) is 59.0 Å². The number of carbonyl (C=O) groups excluding carboxylic acids is 1. The van der Waals surface area contributed by atoms with Crippen molar-refractivity contribution in [3.8, 4) is 17.2 Å². The maximum atomic E-state index is 12.7. The number of methoxy groups -OCH3 is 3. The maximum absolute atomic E-state index is 12.7. The van der Waals surface area contributed by atoms with Crippen LogP contribution in [-0.2, 0) is 10.5 Å². The third kappa shape index (κ3) is 7.06. The summed E-state index contributed by atoms with van der Waals surface area (Å²) in [6.07, 6.45) is 3.35. The zero-order valence-electron chi connectivity index (χ0n) is 24.4. The Morgan fingerprint density at radius 1 is 0.881 bits per heavy atom. The van der Waals surface area contributed by atoms with Gasteiger partial charge in [-0.15, -0.1) is 11.8 Å². The number of fused-ring (bicyclic) bond motifs is 2. The molecule has 0 bridgehead atoms. The molecule has 0 unspecified atom stereocenters. The molecule has 0 atom stereocenters. The van der Waals surface area contributed by atoms with E-state index in [1.807, 2.05) is 17.8 Å². The molecule has 5 rings (SSSR count). The number of halogens is 1. The largest absolute Gasteiger partial charge is 0.493 e. The fourth-order valence-corrected chi connectivity index (χ4v) is 6.67. The summed E-state index contributed by atoms with van der Waals surface area (Å²) in [5, 5.41) is 0.768. The van der Waals surface area contributed by atoms with E-state index in [1.54, 1.807) is 12.1 Å². The van der Waals surface area contributed by atoms with Gasteiger partial charge in [0.05, 0.1) is 26.9 Å². The Bertz CT molecular complexity index is 1410. The first kappa shape index (κ1) is 30.3. The van der Waals surface area contributed by atoms with E-state index < -0.39 is 5.97 Å². The van der Waals surface area contributed by atoms with Gasteiger partial charge in [-0.2, -0.15) is 0 Å². The molecule has 0 amide bonds. The minimum atomic E-state index is -0.415. The van der Waals surface area contributed by atoms with Crippen molar-refractivity contribution < 1.29 is 23.7 Å². The molecule has 222 valence electrons. The molecule has 2 aliphatic heterocycles. The monoisotopic (exact) mass is 608 g/mol. The summed E-state index contributed by atoms with van der Waals surface area (Å²) in [7, 11) is 4.57. The summed E-state index contributed by atoms with van der Waals surface area (Å²) in [4.78, 5) is 18.8. The molecule has 0 N–H and O–H groups in total. The number of ether oxygens (including phenoxy) is 4. The third-order valence-electron chi connectivity index (χ3n) is 7.72. The summed E-state index contributed by atoms with van der Waals surface area (Å²) >= 11 is 8.30. The second-order valence-corrected chi connectivity index (χ2v) is 11.7. The molecule has 3 aromatic carbocycles. The Balaban J connectivity index is 1.12. The first-order chi connectivity index (χ1) is 20.5. The smallest absolute Gasteiger partial charge is 0.338 e. The highest BCUT2D eigenvalue weighted by molar-refractivity contribution is 7.98. The molecule has 3 aromatic rings. The molecule has 1 fully saturated rings. The van der Waals surface area contributed by atoms with E-state index in [0.717, 1.165) is 49.9 Å². The quantitative estimate of drug-likeness (QED) is 0.250. The number of esters is 1. The van der Waals surface area contributed by atoms with Crippen molar-refractivity contribution in [2.24, 2.45) is 0 Å². The lowest BCUT2D eigenvalue weighted by Crippen LogP contribution is -2.47. The Hall–Kier alpha value is -3.17. The summed E-state index contributed by atoms with van der Waals surface area (Å²) < 4.78 is 21.6. The zero-order valence-corrected chi connectivity index (χ0v) is 25.9. The second-order valence-electron chi connectivity index (χ2n) is 10.2. The Kier molecular flexibility index (Phi) is 10.3. The molecular formula is C33H37ClN2O5S. The van der Waals surface area contributed by atoms with Crippen molar-refractivity contribution >= 4 is 34.9 Å². The van der Waals surface area contributed by atoms with Gasteiger partial charge in [-0.1, -0.05) is 41.9 Å². The highest BCUT2D eigenvalue weighted by Crippen LogP contribution is 2.41. The highest BCUT2D eigenvalue weighted by Gasteiger charge is 2.21. The predicted octanol–water partition coefficient (Wildman–Crippen LogP) is 6.27. The second kappa shape index (κ2) is 14.3.